The van der Waals surface area contributed by atoms with Crippen molar-refractivity contribution in [3.63, 3.8) is 0 Å². The summed E-state index contributed by atoms with van der Waals surface area (Å²) >= 11 is 1.45. The maximum absolute atomic E-state index is 12.9. The number of rotatable bonds is 8. The fourth-order valence-corrected chi connectivity index (χ4v) is 4.68. The molecule has 2 heterocycles. The zero-order valence-electron chi connectivity index (χ0n) is 16.2. The molecule has 3 rings (SSSR count). The number of nitriles is 1. The second-order valence-electron chi connectivity index (χ2n) is 6.40. The van der Waals surface area contributed by atoms with Gasteiger partial charge in [-0.1, -0.05) is 31.5 Å². The number of hydrogen-bond donors (Lipinski definition) is 1. The van der Waals surface area contributed by atoms with Gasteiger partial charge in [-0.25, -0.2) is 13.4 Å². The predicted octanol–water partition coefficient (Wildman–Crippen LogP) is 4.97. The monoisotopic (exact) mass is 427 g/mol. The molecule has 0 bridgehead atoms. The number of nitrogens with one attached hydrogen (secondary N) is 1. The van der Waals surface area contributed by atoms with Crippen LogP contribution in [0.15, 0.2) is 52.7 Å². The number of unbranched alkanes of at least 4 members (excludes halogenated alkanes) is 1. The highest BCUT2D eigenvalue weighted by Crippen LogP contribution is 2.37. The molecule has 1 aromatic carbocycles. The van der Waals surface area contributed by atoms with Gasteiger partial charge in [0.15, 0.2) is 0 Å². The van der Waals surface area contributed by atoms with E-state index in [-0.39, 0.29) is 22.0 Å². The molecule has 0 unspecified atom stereocenters. The summed E-state index contributed by atoms with van der Waals surface area (Å²) in [6.45, 7) is 4.42. The first-order chi connectivity index (χ1) is 14.0. The Balaban J connectivity index is 2.10. The average molecular weight is 428 g/mol. The van der Waals surface area contributed by atoms with Gasteiger partial charge in [-0.05, 0) is 48.6 Å². The fraction of sp³-hybridized carbons (Fsp3) is 0.238. The van der Waals surface area contributed by atoms with Crippen molar-refractivity contribution < 1.29 is 13.2 Å². The Morgan fingerprint density at radius 2 is 2.00 bits per heavy atom. The summed E-state index contributed by atoms with van der Waals surface area (Å²) in [4.78, 5) is 5.49. The number of hydrogen-bond acceptors (Lipinski definition) is 6. The zero-order valence-corrected chi connectivity index (χ0v) is 17.8. The molecule has 0 saturated heterocycles. The van der Waals surface area contributed by atoms with Crippen LogP contribution in [0.1, 0.15) is 30.9 Å². The minimum atomic E-state index is -3.83. The molecule has 3 aromatic rings. The highest BCUT2D eigenvalue weighted by atomic mass is 32.2. The van der Waals surface area contributed by atoms with Crippen LogP contribution in [0.25, 0.3) is 10.6 Å². The van der Waals surface area contributed by atoms with Gasteiger partial charge in [0, 0.05) is 0 Å². The first-order valence-electron chi connectivity index (χ1n) is 9.16. The van der Waals surface area contributed by atoms with E-state index < -0.39 is 10.0 Å². The summed E-state index contributed by atoms with van der Waals surface area (Å²) in [5.41, 5.74) is 1.85. The van der Waals surface area contributed by atoms with Crippen LogP contribution in [0.4, 0.5) is 5.69 Å². The van der Waals surface area contributed by atoms with Gasteiger partial charge in [0.05, 0.1) is 22.1 Å². The Kier molecular flexibility index (Phi) is 6.52. The zero-order chi connectivity index (χ0) is 20.9. The van der Waals surface area contributed by atoms with Gasteiger partial charge >= 0.3 is 0 Å². The third kappa shape index (κ3) is 4.75. The van der Waals surface area contributed by atoms with Crippen molar-refractivity contribution in [2.24, 2.45) is 0 Å². The van der Waals surface area contributed by atoms with Crippen LogP contribution in [0.3, 0.4) is 0 Å². The van der Waals surface area contributed by atoms with Crippen LogP contribution in [0.5, 0.6) is 5.88 Å². The number of pyridine rings is 1. The number of aryl methyl sites for hydroxylation is 1. The molecule has 0 fully saturated rings. The molecular weight excluding hydrogens is 406 g/mol. The number of sulfonamides is 1. The fourth-order valence-electron chi connectivity index (χ4n) is 2.67. The maximum Gasteiger partial charge on any atom is 0.261 e. The van der Waals surface area contributed by atoms with Crippen molar-refractivity contribution in [2.75, 3.05) is 11.3 Å². The Bertz CT molecular complexity index is 1130. The second-order valence-corrected chi connectivity index (χ2v) is 9.00. The van der Waals surface area contributed by atoms with Crippen molar-refractivity contribution in [1.82, 2.24) is 4.98 Å². The summed E-state index contributed by atoms with van der Waals surface area (Å²) in [7, 11) is -3.83. The van der Waals surface area contributed by atoms with E-state index in [1.807, 2.05) is 25.3 Å². The van der Waals surface area contributed by atoms with E-state index >= 15 is 0 Å². The molecule has 0 saturated carbocycles. The molecule has 0 aliphatic carbocycles. The summed E-state index contributed by atoms with van der Waals surface area (Å²) in [6, 6.07) is 13.6. The predicted molar refractivity (Wildman–Crippen MR) is 115 cm³/mol. The minimum Gasteiger partial charge on any atom is -0.477 e. The van der Waals surface area contributed by atoms with Crippen LogP contribution >= 0.6 is 11.3 Å². The summed E-state index contributed by atoms with van der Waals surface area (Å²) in [6.07, 6.45) is 1.79. The Hall–Kier alpha value is -2.89. The van der Waals surface area contributed by atoms with Gasteiger partial charge in [-0.2, -0.15) is 5.26 Å². The number of aromatic nitrogens is 1. The number of anilines is 1. The third-order valence-corrected chi connectivity index (χ3v) is 6.62. The van der Waals surface area contributed by atoms with E-state index in [1.165, 1.54) is 29.5 Å². The Morgan fingerprint density at radius 3 is 2.62 bits per heavy atom. The van der Waals surface area contributed by atoms with E-state index in [1.54, 1.807) is 18.2 Å². The second kappa shape index (κ2) is 9.07. The van der Waals surface area contributed by atoms with Gasteiger partial charge in [-0.3, -0.25) is 4.72 Å². The Labute approximate surface area is 174 Å². The molecule has 0 spiro atoms. The third-order valence-electron chi connectivity index (χ3n) is 4.22. The molecular formula is C21H21N3O3S2. The van der Waals surface area contributed by atoms with Crippen LogP contribution < -0.4 is 9.46 Å². The van der Waals surface area contributed by atoms with Crippen LogP contribution in [0, 0.1) is 18.3 Å². The van der Waals surface area contributed by atoms with E-state index in [0.29, 0.717) is 12.3 Å². The summed E-state index contributed by atoms with van der Waals surface area (Å²) in [5, 5.41) is 11.5. The normalized spacial score (nSPS) is 11.1. The quantitative estimate of drug-likeness (QED) is 0.512. The molecule has 0 aliphatic heterocycles. The Morgan fingerprint density at radius 1 is 1.24 bits per heavy atom. The standard InChI is InChI=1S/C21H21N3O3S2/c1-3-4-11-27-21-16(14-22)13-18(19(23-21)20-15(2)10-12-28-20)24-29(25,26)17-8-6-5-7-9-17/h5-10,12-13,24H,3-4,11H2,1-2H3. The number of nitrogens with zero attached hydrogens (tertiary/aromatic N) is 2. The lowest BCUT2D eigenvalue weighted by Gasteiger charge is -2.15. The summed E-state index contributed by atoms with van der Waals surface area (Å²) < 4.78 is 34.0. The SMILES string of the molecule is CCCCOc1nc(-c2sccc2C)c(NS(=O)(=O)c2ccccc2)cc1C#N. The molecule has 0 amide bonds. The van der Waals surface area contributed by atoms with Crippen LogP contribution in [0.2, 0.25) is 0 Å². The van der Waals surface area contributed by atoms with Crippen molar-refractivity contribution in [2.45, 2.75) is 31.6 Å². The number of thiophene rings is 1. The lowest BCUT2D eigenvalue weighted by atomic mass is 10.1. The molecule has 1 N–H and O–H groups in total. The van der Waals surface area contributed by atoms with Gasteiger partial charge in [0.25, 0.3) is 10.0 Å². The molecule has 0 atom stereocenters. The highest BCUT2D eigenvalue weighted by molar-refractivity contribution is 7.92. The molecule has 0 aliphatic rings. The number of benzene rings is 1. The van der Waals surface area contributed by atoms with Gasteiger partial charge < -0.3 is 4.74 Å². The van der Waals surface area contributed by atoms with Crippen molar-refractivity contribution in [3.05, 3.63) is 59.0 Å². The van der Waals surface area contributed by atoms with E-state index in [4.69, 9.17) is 4.74 Å². The highest BCUT2D eigenvalue weighted by Gasteiger charge is 2.22. The van der Waals surface area contributed by atoms with Crippen molar-refractivity contribution >= 4 is 27.0 Å². The topological polar surface area (TPSA) is 92.1 Å². The molecule has 29 heavy (non-hydrogen) atoms. The lowest BCUT2D eigenvalue weighted by molar-refractivity contribution is 0.297. The van der Waals surface area contributed by atoms with Gasteiger partial charge in [-0.15, -0.1) is 11.3 Å². The lowest BCUT2D eigenvalue weighted by Crippen LogP contribution is -2.14. The first kappa shape index (κ1) is 20.8. The molecule has 0 radical (unpaired) electrons. The molecule has 150 valence electrons. The first-order valence-corrected chi connectivity index (χ1v) is 11.5. The molecule has 8 heteroatoms. The van der Waals surface area contributed by atoms with Gasteiger partial charge in [0.1, 0.15) is 17.3 Å². The maximum atomic E-state index is 12.9. The van der Waals surface area contributed by atoms with E-state index in [0.717, 1.165) is 23.3 Å². The van der Waals surface area contributed by atoms with E-state index in [9.17, 15) is 13.7 Å². The summed E-state index contributed by atoms with van der Waals surface area (Å²) in [5.74, 6) is 0.214. The molecule has 6 nitrogen and oxygen atoms in total. The van der Waals surface area contributed by atoms with Gasteiger partial charge in [0.2, 0.25) is 5.88 Å². The van der Waals surface area contributed by atoms with E-state index in [2.05, 4.69) is 15.8 Å². The number of ether oxygens (including phenoxy) is 1. The van der Waals surface area contributed by atoms with Crippen molar-refractivity contribution in [3.8, 4) is 22.5 Å². The minimum absolute atomic E-state index is 0.135. The smallest absolute Gasteiger partial charge is 0.261 e. The van der Waals surface area contributed by atoms with Crippen LogP contribution in [-0.4, -0.2) is 20.0 Å². The van der Waals surface area contributed by atoms with Crippen molar-refractivity contribution in [1.29, 1.82) is 5.26 Å². The average Bonchev–Trinajstić information content (AvgIpc) is 3.15. The van der Waals surface area contributed by atoms with Crippen LogP contribution in [-0.2, 0) is 10.0 Å². The molecule has 2 aromatic heterocycles. The largest absolute Gasteiger partial charge is 0.477 e.